The van der Waals surface area contributed by atoms with E-state index >= 15 is 0 Å². The molecule has 0 amide bonds. The minimum Gasteiger partial charge on any atom is -0.393 e. The molecule has 0 unspecified atom stereocenters. The summed E-state index contributed by atoms with van der Waals surface area (Å²) in [6, 6.07) is 29.9. The fraction of sp³-hybridized carbons (Fsp3) is 0.308. The molecule has 0 fully saturated rings. The number of rotatable bonds is 9. The molecular formula is C26H30O3. The molecule has 0 aromatic heterocycles. The van der Waals surface area contributed by atoms with Crippen molar-refractivity contribution in [1.29, 1.82) is 0 Å². The molecule has 0 heterocycles. The van der Waals surface area contributed by atoms with E-state index in [1.165, 1.54) is 0 Å². The Kier molecular flexibility index (Phi) is 7.21. The van der Waals surface area contributed by atoms with E-state index in [-0.39, 0.29) is 12.8 Å². The fourth-order valence-corrected chi connectivity index (χ4v) is 4.19. The Morgan fingerprint density at radius 3 is 1.31 bits per heavy atom. The zero-order valence-electron chi connectivity index (χ0n) is 16.9. The minimum absolute atomic E-state index is 0.162. The van der Waals surface area contributed by atoms with Gasteiger partial charge in [-0.25, -0.2) is 0 Å². The lowest BCUT2D eigenvalue weighted by molar-refractivity contribution is 0.0224. The molecule has 3 nitrogen and oxygen atoms in total. The second-order valence-electron chi connectivity index (χ2n) is 7.61. The van der Waals surface area contributed by atoms with Gasteiger partial charge >= 0.3 is 0 Å². The zero-order valence-corrected chi connectivity index (χ0v) is 16.9. The largest absolute Gasteiger partial charge is 0.393 e. The van der Waals surface area contributed by atoms with E-state index in [1.54, 1.807) is 0 Å². The van der Waals surface area contributed by atoms with Crippen molar-refractivity contribution in [2.24, 2.45) is 0 Å². The molecular weight excluding hydrogens is 360 g/mol. The first-order chi connectivity index (χ1) is 14.1. The van der Waals surface area contributed by atoms with E-state index in [0.29, 0.717) is 6.42 Å². The van der Waals surface area contributed by atoms with Gasteiger partial charge in [0.25, 0.3) is 0 Å². The van der Waals surface area contributed by atoms with Gasteiger partial charge in [-0.15, -0.1) is 0 Å². The first-order valence-electron chi connectivity index (χ1n) is 10.3. The Morgan fingerprint density at radius 2 is 0.966 bits per heavy atom. The maximum Gasteiger partial charge on any atom is 0.0742 e. The molecule has 0 radical (unpaired) electrons. The van der Waals surface area contributed by atoms with E-state index in [9.17, 15) is 15.3 Å². The SMILES string of the molecule is CC[C@H](O)C[C@@H](O)C[C@H](O)C(c1ccccc1)(c1ccccc1)c1ccccc1. The molecule has 3 heteroatoms. The molecule has 0 aliphatic rings. The Morgan fingerprint density at radius 1 is 0.586 bits per heavy atom. The highest BCUT2D eigenvalue weighted by molar-refractivity contribution is 5.51. The molecule has 152 valence electrons. The molecule has 3 aromatic carbocycles. The molecule has 3 rings (SSSR count). The van der Waals surface area contributed by atoms with Crippen LogP contribution in [0.3, 0.4) is 0 Å². The summed E-state index contributed by atoms with van der Waals surface area (Å²) in [5, 5.41) is 32.2. The minimum atomic E-state index is -0.881. The van der Waals surface area contributed by atoms with Crippen molar-refractivity contribution in [3.8, 4) is 0 Å². The lowest BCUT2D eigenvalue weighted by Crippen LogP contribution is -2.44. The van der Waals surface area contributed by atoms with Gasteiger partial charge in [-0.3, -0.25) is 0 Å². The lowest BCUT2D eigenvalue weighted by atomic mass is 9.64. The van der Waals surface area contributed by atoms with Crippen LogP contribution in [0.15, 0.2) is 91.0 Å². The Balaban J connectivity index is 2.14. The summed E-state index contributed by atoms with van der Waals surface area (Å²) in [5.41, 5.74) is 2.07. The number of aliphatic hydroxyl groups is 3. The molecule has 0 saturated carbocycles. The number of aliphatic hydroxyl groups excluding tert-OH is 3. The van der Waals surface area contributed by atoms with Crippen molar-refractivity contribution in [2.75, 3.05) is 0 Å². The van der Waals surface area contributed by atoms with Crippen LogP contribution in [0, 0.1) is 0 Å². The highest BCUT2D eigenvalue weighted by atomic mass is 16.3. The predicted octanol–water partition coefficient (Wildman–Crippen LogP) is 4.29. The first kappa shape index (κ1) is 21.3. The van der Waals surface area contributed by atoms with Crippen molar-refractivity contribution in [2.45, 2.75) is 49.9 Å². The summed E-state index contributed by atoms with van der Waals surface area (Å²) in [6.45, 7) is 1.88. The highest BCUT2D eigenvalue weighted by Gasteiger charge is 2.43. The van der Waals surface area contributed by atoms with Gasteiger partial charge in [0.1, 0.15) is 0 Å². The topological polar surface area (TPSA) is 60.7 Å². The molecule has 3 atom stereocenters. The monoisotopic (exact) mass is 390 g/mol. The molecule has 0 aliphatic carbocycles. The summed E-state index contributed by atoms with van der Waals surface area (Å²) >= 11 is 0. The van der Waals surface area contributed by atoms with Gasteiger partial charge in [0.15, 0.2) is 0 Å². The van der Waals surface area contributed by atoms with Crippen molar-refractivity contribution >= 4 is 0 Å². The number of hydrogen-bond donors (Lipinski definition) is 3. The maximum atomic E-state index is 11.6. The van der Waals surface area contributed by atoms with E-state index in [2.05, 4.69) is 0 Å². The predicted molar refractivity (Wildman–Crippen MR) is 117 cm³/mol. The van der Waals surface area contributed by atoms with Crippen LogP contribution in [-0.4, -0.2) is 33.6 Å². The molecule has 0 bridgehead atoms. The van der Waals surface area contributed by atoms with Crippen LogP contribution in [0.5, 0.6) is 0 Å². The smallest absolute Gasteiger partial charge is 0.0742 e. The normalized spacial score (nSPS) is 14.9. The third kappa shape index (κ3) is 4.59. The first-order valence-corrected chi connectivity index (χ1v) is 10.3. The third-order valence-corrected chi connectivity index (χ3v) is 5.70. The molecule has 0 saturated heterocycles. The Hall–Kier alpha value is -2.46. The summed E-state index contributed by atoms with van der Waals surface area (Å²) in [4.78, 5) is 0. The standard InChI is InChI=1S/C26H30O3/c1-2-23(27)18-24(28)19-25(29)26(20-12-6-3-7-13-20,21-14-8-4-9-15-21)22-16-10-5-11-17-22/h3-17,23-25,27-29H,2,18-19H2,1H3/t23-,24+,25-/m0/s1. The second kappa shape index (κ2) is 9.84. The van der Waals surface area contributed by atoms with Crippen LogP contribution in [0.1, 0.15) is 42.9 Å². The lowest BCUT2D eigenvalue weighted by Gasteiger charge is -2.41. The van der Waals surface area contributed by atoms with Gasteiger partial charge in [0.2, 0.25) is 0 Å². The van der Waals surface area contributed by atoms with Gasteiger partial charge in [-0.1, -0.05) is 97.9 Å². The van der Waals surface area contributed by atoms with Gasteiger partial charge in [-0.05, 0) is 29.5 Å². The van der Waals surface area contributed by atoms with Gasteiger partial charge in [0.05, 0.1) is 23.7 Å². The number of benzene rings is 3. The summed E-state index contributed by atoms with van der Waals surface area (Å²) < 4.78 is 0. The molecule has 3 aromatic rings. The van der Waals surface area contributed by atoms with Crippen molar-refractivity contribution in [1.82, 2.24) is 0 Å². The number of hydrogen-bond acceptors (Lipinski definition) is 3. The van der Waals surface area contributed by atoms with Crippen molar-refractivity contribution < 1.29 is 15.3 Å². The zero-order chi connectivity index (χ0) is 20.7. The van der Waals surface area contributed by atoms with Crippen molar-refractivity contribution in [3.05, 3.63) is 108 Å². The summed E-state index contributed by atoms with van der Waals surface area (Å²) in [6.07, 6.45) is -1.26. The van der Waals surface area contributed by atoms with Gasteiger partial charge in [0, 0.05) is 6.42 Å². The van der Waals surface area contributed by atoms with E-state index in [0.717, 1.165) is 16.7 Å². The van der Waals surface area contributed by atoms with Crippen LogP contribution in [0.25, 0.3) is 0 Å². The van der Waals surface area contributed by atoms with Crippen LogP contribution < -0.4 is 0 Å². The van der Waals surface area contributed by atoms with E-state index < -0.39 is 23.7 Å². The van der Waals surface area contributed by atoms with Gasteiger partial charge < -0.3 is 15.3 Å². The fourth-order valence-electron chi connectivity index (χ4n) is 4.19. The van der Waals surface area contributed by atoms with Crippen molar-refractivity contribution in [3.63, 3.8) is 0 Å². The third-order valence-electron chi connectivity index (χ3n) is 5.70. The molecule has 3 N–H and O–H groups in total. The molecule has 0 spiro atoms. The maximum absolute atomic E-state index is 11.6. The Labute approximate surface area is 173 Å². The molecule has 29 heavy (non-hydrogen) atoms. The van der Waals surface area contributed by atoms with Crippen LogP contribution in [0.4, 0.5) is 0 Å². The second-order valence-corrected chi connectivity index (χ2v) is 7.61. The Bertz CT molecular complexity index is 752. The molecule has 0 aliphatic heterocycles. The summed E-state index contributed by atoms with van der Waals surface area (Å²) in [5.74, 6) is 0. The van der Waals surface area contributed by atoms with E-state index in [1.807, 2.05) is 97.9 Å². The van der Waals surface area contributed by atoms with Gasteiger partial charge in [-0.2, -0.15) is 0 Å². The average Bonchev–Trinajstić information content (AvgIpc) is 2.76. The highest BCUT2D eigenvalue weighted by Crippen LogP contribution is 2.43. The van der Waals surface area contributed by atoms with Crippen LogP contribution in [0.2, 0.25) is 0 Å². The van der Waals surface area contributed by atoms with Crippen LogP contribution >= 0.6 is 0 Å². The quantitative estimate of drug-likeness (QED) is 0.478. The summed E-state index contributed by atoms with van der Waals surface area (Å²) in [7, 11) is 0. The van der Waals surface area contributed by atoms with Crippen LogP contribution in [-0.2, 0) is 5.41 Å². The van der Waals surface area contributed by atoms with E-state index in [4.69, 9.17) is 0 Å². The average molecular weight is 391 g/mol.